The van der Waals surface area contributed by atoms with Crippen LogP contribution < -0.4 is 5.32 Å². The van der Waals surface area contributed by atoms with E-state index in [4.69, 9.17) is 0 Å². The molecule has 1 fully saturated rings. The summed E-state index contributed by atoms with van der Waals surface area (Å²) in [5.41, 5.74) is 1.82. The fourth-order valence-electron chi connectivity index (χ4n) is 5.13. The number of fused-ring (bicyclic) bond motifs is 2. The minimum atomic E-state index is -0.990. The normalized spacial score (nSPS) is 21.6. The number of carbonyl (C=O) groups excluding carboxylic acids is 3. The maximum absolute atomic E-state index is 13.9. The monoisotopic (exact) mass is 449 g/mol. The van der Waals surface area contributed by atoms with Crippen LogP contribution in [0.1, 0.15) is 27.9 Å². The summed E-state index contributed by atoms with van der Waals surface area (Å²) in [7, 11) is 0. The molecule has 168 valence electrons. The van der Waals surface area contributed by atoms with Crippen molar-refractivity contribution in [3.63, 3.8) is 0 Å². The Morgan fingerprint density at radius 2 is 1.65 bits per heavy atom. The first-order valence-corrected chi connectivity index (χ1v) is 11.3. The highest BCUT2D eigenvalue weighted by Crippen LogP contribution is 2.46. The molecule has 0 unspecified atom stereocenters. The van der Waals surface area contributed by atoms with Crippen LogP contribution >= 0.6 is 0 Å². The van der Waals surface area contributed by atoms with Crippen molar-refractivity contribution in [1.29, 1.82) is 5.26 Å². The molecule has 1 spiro atoms. The molecule has 2 aliphatic heterocycles. The highest BCUT2D eigenvalue weighted by molar-refractivity contribution is 6.11. The van der Waals surface area contributed by atoms with Gasteiger partial charge in [0, 0.05) is 24.2 Å². The van der Waals surface area contributed by atoms with Crippen molar-refractivity contribution >= 4 is 23.3 Å². The first-order chi connectivity index (χ1) is 16.5. The van der Waals surface area contributed by atoms with Crippen molar-refractivity contribution in [1.82, 2.24) is 4.90 Å². The maximum atomic E-state index is 13.9. The van der Waals surface area contributed by atoms with Gasteiger partial charge in [-0.1, -0.05) is 78.9 Å². The second-order valence-electron chi connectivity index (χ2n) is 8.87. The average molecular weight is 450 g/mol. The first kappa shape index (κ1) is 21.6. The van der Waals surface area contributed by atoms with Crippen LogP contribution in [-0.2, 0) is 21.4 Å². The predicted molar refractivity (Wildman–Crippen MR) is 127 cm³/mol. The van der Waals surface area contributed by atoms with Crippen LogP contribution in [0.2, 0.25) is 0 Å². The average Bonchev–Trinajstić information content (AvgIpc) is 3.41. The minimum absolute atomic E-state index is 0.0697. The summed E-state index contributed by atoms with van der Waals surface area (Å²) in [4.78, 5) is 41.9. The summed E-state index contributed by atoms with van der Waals surface area (Å²) in [6.07, 6.45) is 0.424. The van der Waals surface area contributed by atoms with Crippen molar-refractivity contribution in [3.8, 4) is 6.07 Å². The fourth-order valence-corrected chi connectivity index (χ4v) is 5.13. The third kappa shape index (κ3) is 3.56. The Kier molecular flexibility index (Phi) is 5.46. The second-order valence-corrected chi connectivity index (χ2v) is 8.87. The van der Waals surface area contributed by atoms with E-state index in [0.29, 0.717) is 11.3 Å². The Bertz CT molecular complexity index is 1300. The number of rotatable bonds is 5. The van der Waals surface area contributed by atoms with Crippen LogP contribution in [0.25, 0.3) is 0 Å². The number of likely N-dealkylation sites (tertiary alicyclic amines) is 1. The minimum Gasteiger partial charge on any atom is -0.325 e. The van der Waals surface area contributed by atoms with Crippen LogP contribution in [0.3, 0.4) is 0 Å². The molecule has 6 nitrogen and oxygen atoms in total. The van der Waals surface area contributed by atoms with E-state index < -0.39 is 23.3 Å². The molecule has 6 heteroatoms. The number of hydrogen-bond donors (Lipinski definition) is 1. The van der Waals surface area contributed by atoms with Crippen molar-refractivity contribution in [3.05, 3.63) is 102 Å². The molecule has 3 atom stereocenters. The van der Waals surface area contributed by atoms with Crippen molar-refractivity contribution in [2.24, 2.45) is 5.92 Å². The predicted octanol–water partition coefficient (Wildman–Crippen LogP) is 3.74. The molecule has 2 aliphatic rings. The zero-order chi connectivity index (χ0) is 23.7. The van der Waals surface area contributed by atoms with E-state index in [1.807, 2.05) is 60.7 Å². The van der Waals surface area contributed by atoms with Gasteiger partial charge in [-0.2, -0.15) is 5.26 Å². The van der Waals surface area contributed by atoms with E-state index in [9.17, 15) is 19.6 Å². The zero-order valence-electron chi connectivity index (χ0n) is 18.5. The van der Waals surface area contributed by atoms with Crippen molar-refractivity contribution < 1.29 is 14.4 Å². The number of ketones is 1. The largest absolute Gasteiger partial charge is 0.325 e. The highest BCUT2D eigenvalue weighted by atomic mass is 16.2. The van der Waals surface area contributed by atoms with Gasteiger partial charge in [0.15, 0.2) is 5.78 Å². The van der Waals surface area contributed by atoms with E-state index in [2.05, 4.69) is 11.4 Å². The van der Waals surface area contributed by atoms with E-state index in [1.54, 1.807) is 24.3 Å². The Labute approximate surface area is 197 Å². The van der Waals surface area contributed by atoms with Gasteiger partial charge in [-0.3, -0.25) is 14.4 Å². The van der Waals surface area contributed by atoms with Crippen LogP contribution in [0, 0.1) is 17.2 Å². The van der Waals surface area contributed by atoms with E-state index in [0.717, 1.165) is 11.1 Å². The number of carbonyl (C=O) groups is 3. The lowest BCUT2D eigenvalue weighted by Crippen LogP contribution is -2.45. The van der Waals surface area contributed by atoms with Crippen LogP contribution in [-0.4, -0.2) is 35.1 Å². The summed E-state index contributed by atoms with van der Waals surface area (Å²) in [6, 6.07) is 26.9. The molecule has 0 bridgehead atoms. The smallest absolute Gasteiger partial charge is 0.237 e. The summed E-state index contributed by atoms with van der Waals surface area (Å²) in [5, 5.41) is 12.8. The van der Waals surface area contributed by atoms with E-state index in [1.165, 1.54) is 4.90 Å². The molecule has 0 aromatic heterocycles. The van der Waals surface area contributed by atoms with E-state index >= 15 is 0 Å². The number of nitrogens with one attached hydrogen (secondary N) is 1. The Morgan fingerprint density at radius 1 is 1.00 bits per heavy atom. The summed E-state index contributed by atoms with van der Waals surface area (Å²) >= 11 is 0. The van der Waals surface area contributed by atoms with Gasteiger partial charge in [0.1, 0.15) is 12.0 Å². The van der Waals surface area contributed by atoms with Crippen molar-refractivity contribution in [2.75, 3.05) is 11.9 Å². The number of nitriles is 1. The molecule has 0 aliphatic carbocycles. The van der Waals surface area contributed by atoms with Gasteiger partial charge in [0.25, 0.3) is 0 Å². The molecule has 0 radical (unpaired) electrons. The Morgan fingerprint density at radius 3 is 2.35 bits per heavy atom. The topological polar surface area (TPSA) is 90.3 Å². The SMILES string of the molecule is N#C[C@@H]1C[C@@]2(CN1C(=O)[C@H](Cc1ccccc1)C(=O)c1ccccc1)C(=O)Nc1ccccc12. The third-order valence-corrected chi connectivity index (χ3v) is 6.87. The quantitative estimate of drug-likeness (QED) is 0.475. The molecule has 2 heterocycles. The number of anilines is 1. The molecule has 3 aromatic carbocycles. The third-order valence-electron chi connectivity index (χ3n) is 6.87. The fraction of sp³-hybridized carbons (Fsp3) is 0.214. The molecular weight excluding hydrogens is 426 g/mol. The van der Waals surface area contributed by atoms with Gasteiger partial charge in [-0.25, -0.2) is 0 Å². The van der Waals surface area contributed by atoms with Gasteiger partial charge in [-0.15, -0.1) is 0 Å². The summed E-state index contributed by atoms with van der Waals surface area (Å²) in [5.74, 6) is -1.91. The lowest BCUT2D eigenvalue weighted by Gasteiger charge is -2.26. The standard InChI is InChI=1S/C28H23N3O3/c29-17-21-16-28(23-13-7-8-14-24(23)30-27(28)34)18-31(21)26(33)22(15-19-9-3-1-4-10-19)25(32)20-11-5-2-6-12-20/h1-14,21-22H,15-16,18H2,(H,30,34)/t21-,22+,28-/m0/s1. The Balaban J connectivity index is 1.51. The molecular formula is C28H23N3O3. The van der Waals surface area contributed by atoms with E-state index in [-0.39, 0.29) is 31.1 Å². The summed E-state index contributed by atoms with van der Waals surface area (Å²) in [6.45, 7) is 0.0697. The van der Waals surface area contributed by atoms with Crippen molar-refractivity contribution in [2.45, 2.75) is 24.3 Å². The molecule has 34 heavy (non-hydrogen) atoms. The van der Waals surface area contributed by atoms with Gasteiger partial charge < -0.3 is 10.2 Å². The van der Waals surface area contributed by atoms with Gasteiger partial charge in [-0.05, 0) is 23.6 Å². The number of benzene rings is 3. The van der Waals surface area contributed by atoms with Gasteiger partial charge >= 0.3 is 0 Å². The molecule has 1 N–H and O–H groups in total. The Hall–Kier alpha value is -4.24. The lowest BCUT2D eigenvalue weighted by atomic mass is 9.80. The van der Waals surface area contributed by atoms with Crippen LogP contribution in [0.15, 0.2) is 84.9 Å². The molecule has 2 amide bonds. The highest BCUT2D eigenvalue weighted by Gasteiger charge is 2.56. The van der Waals surface area contributed by atoms with Crippen LogP contribution in [0.4, 0.5) is 5.69 Å². The number of amides is 2. The number of hydrogen-bond acceptors (Lipinski definition) is 4. The lowest BCUT2D eigenvalue weighted by molar-refractivity contribution is -0.134. The number of Topliss-reactive ketones (excluding diaryl/α,β-unsaturated/α-hetero) is 1. The van der Waals surface area contributed by atoms with Gasteiger partial charge in [0.05, 0.1) is 11.5 Å². The molecule has 5 rings (SSSR count). The zero-order valence-corrected chi connectivity index (χ0v) is 18.5. The molecule has 3 aromatic rings. The molecule has 0 saturated carbocycles. The maximum Gasteiger partial charge on any atom is 0.237 e. The molecule has 1 saturated heterocycles. The second kappa shape index (κ2) is 8.60. The van der Waals surface area contributed by atoms with Gasteiger partial charge in [0.2, 0.25) is 11.8 Å². The number of nitrogens with zero attached hydrogens (tertiary/aromatic N) is 2. The van der Waals surface area contributed by atoms with Crippen LogP contribution in [0.5, 0.6) is 0 Å². The summed E-state index contributed by atoms with van der Waals surface area (Å²) < 4.78 is 0. The number of para-hydroxylation sites is 1. The first-order valence-electron chi connectivity index (χ1n) is 11.3.